The topological polar surface area (TPSA) is 12.5 Å². The van der Waals surface area contributed by atoms with Gasteiger partial charge in [0.1, 0.15) is 11.9 Å². The van der Waals surface area contributed by atoms with E-state index >= 15 is 0 Å². The number of nitrogens with zero attached hydrogens (tertiary/aromatic N) is 1. The van der Waals surface area contributed by atoms with Crippen LogP contribution < -0.4 is 4.74 Å². The van der Waals surface area contributed by atoms with Crippen LogP contribution in [-0.4, -0.2) is 29.6 Å². The van der Waals surface area contributed by atoms with Gasteiger partial charge in [0.05, 0.1) is 0 Å². The molecule has 1 fully saturated rings. The predicted octanol–water partition coefficient (Wildman–Crippen LogP) is 4.62. The molecular formula is C19H31NO. The number of rotatable bonds is 3. The summed E-state index contributed by atoms with van der Waals surface area (Å²) in [6, 6.07) is 9.26. The molecule has 0 bridgehead atoms. The van der Waals surface area contributed by atoms with Gasteiger partial charge in [-0.25, -0.2) is 0 Å². The Balaban J connectivity index is 1.86. The predicted molar refractivity (Wildman–Crippen MR) is 90.1 cm³/mol. The maximum Gasteiger partial charge on any atom is 0.119 e. The van der Waals surface area contributed by atoms with Crippen LogP contribution in [0.1, 0.15) is 59.9 Å². The van der Waals surface area contributed by atoms with Crippen molar-refractivity contribution < 1.29 is 4.74 Å². The molecule has 2 rings (SSSR count). The zero-order chi connectivity index (χ0) is 15.8. The van der Waals surface area contributed by atoms with Crippen molar-refractivity contribution in [2.75, 3.05) is 7.05 Å². The van der Waals surface area contributed by atoms with Crippen molar-refractivity contribution in [1.82, 2.24) is 4.90 Å². The molecule has 1 saturated carbocycles. The molecule has 0 amide bonds. The largest absolute Gasteiger partial charge is 0.490 e. The first kappa shape index (κ1) is 16.4. The molecule has 2 nitrogen and oxygen atoms in total. The van der Waals surface area contributed by atoms with E-state index in [1.54, 1.807) is 0 Å². The van der Waals surface area contributed by atoms with Crippen LogP contribution in [0.2, 0.25) is 0 Å². The average Bonchev–Trinajstić information content (AvgIpc) is 2.30. The molecule has 0 radical (unpaired) electrons. The van der Waals surface area contributed by atoms with Gasteiger partial charge in [0, 0.05) is 24.4 Å². The summed E-state index contributed by atoms with van der Waals surface area (Å²) in [6.07, 6.45) is 2.64. The van der Waals surface area contributed by atoms with Gasteiger partial charge in [-0.05, 0) is 50.9 Å². The maximum atomic E-state index is 6.08. The molecule has 0 aliphatic heterocycles. The summed E-state index contributed by atoms with van der Waals surface area (Å²) >= 11 is 0. The van der Waals surface area contributed by atoms with Gasteiger partial charge < -0.3 is 4.74 Å². The van der Waals surface area contributed by atoms with Gasteiger partial charge in [0.2, 0.25) is 0 Å². The summed E-state index contributed by atoms with van der Waals surface area (Å²) in [5.41, 5.74) is 1.80. The minimum Gasteiger partial charge on any atom is -0.490 e. The van der Waals surface area contributed by atoms with Crippen LogP contribution in [0.5, 0.6) is 5.75 Å². The lowest BCUT2D eigenvalue weighted by atomic mass is 9.85. The molecule has 0 saturated heterocycles. The van der Waals surface area contributed by atoms with Gasteiger partial charge in [-0.2, -0.15) is 0 Å². The molecule has 0 aromatic heterocycles. The van der Waals surface area contributed by atoms with E-state index in [2.05, 4.69) is 77.8 Å². The molecule has 0 spiro atoms. The molecule has 0 N–H and O–H groups in total. The minimum atomic E-state index is 0.204. The van der Waals surface area contributed by atoms with Crippen molar-refractivity contribution in [1.29, 1.82) is 0 Å². The van der Waals surface area contributed by atoms with Crippen LogP contribution in [0, 0.1) is 0 Å². The SMILES string of the molecule is CN(C1CC(Oc2ccc(C(C)(C)C)cc2)C1)C(C)(C)C. The summed E-state index contributed by atoms with van der Waals surface area (Å²) in [4.78, 5) is 2.47. The van der Waals surface area contributed by atoms with Gasteiger partial charge in [-0.3, -0.25) is 4.90 Å². The summed E-state index contributed by atoms with van der Waals surface area (Å²) in [5.74, 6) is 1.00. The molecule has 0 atom stereocenters. The molecule has 0 unspecified atom stereocenters. The highest BCUT2D eigenvalue weighted by Gasteiger charge is 2.37. The van der Waals surface area contributed by atoms with E-state index < -0.39 is 0 Å². The van der Waals surface area contributed by atoms with Crippen LogP contribution >= 0.6 is 0 Å². The number of ether oxygens (including phenoxy) is 1. The second kappa shape index (κ2) is 5.64. The Labute approximate surface area is 130 Å². The molecule has 1 aliphatic carbocycles. The van der Waals surface area contributed by atoms with Crippen molar-refractivity contribution in [3.63, 3.8) is 0 Å². The third-order valence-electron chi connectivity index (χ3n) is 4.70. The van der Waals surface area contributed by atoms with E-state index in [9.17, 15) is 0 Å². The van der Waals surface area contributed by atoms with Crippen molar-refractivity contribution in [3.8, 4) is 5.75 Å². The monoisotopic (exact) mass is 289 g/mol. The first-order chi connectivity index (χ1) is 9.57. The second-order valence-corrected chi connectivity index (χ2v) is 8.42. The summed E-state index contributed by atoms with van der Waals surface area (Å²) in [6.45, 7) is 13.5. The lowest BCUT2D eigenvalue weighted by Crippen LogP contribution is -2.54. The van der Waals surface area contributed by atoms with Crippen molar-refractivity contribution >= 4 is 0 Å². The quantitative estimate of drug-likeness (QED) is 0.804. The molecule has 21 heavy (non-hydrogen) atoms. The Kier molecular flexibility index (Phi) is 4.39. The Morgan fingerprint density at radius 1 is 0.952 bits per heavy atom. The molecule has 2 heteroatoms. The van der Waals surface area contributed by atoms with E-state index in [0.29, 0.717) is 12.1 Å². The summed E-state index contributed by atoms with van der Waals surface area (Å²) in [7, 11) is 2.22. The highest BCUT2D eigenvalue weighted by molar-refractivity contribution is 5.31. The van der Waals surface area contributed by atoms with E-state index in [4.69, 9.17) is 4.74 Å². The van der Waals surface area contributed by atoms with Crippen molar-refractivity contribution in [2.24, 2.45) is 0 Å². The molecular weight excluding hydrogens is 258 g/mol. The maximum absolute atomic E-state index is 6.08. The fourth-order valence-electron chi connectivity index (χ4n) is 2.72. The van der Waals surface area contributed by atoms with Gasteiger partial charge in [0.15, 0.2) is 0 Å². The van der Waals surface area contributed by atoms with Crippen molar-refractivity contribution in [3.05, 3.63) is 29.8 Å². The Hall–Kier alpha value is -1.02. The highest BCUT2D eigenvalue weighted by atomic mass is 16.5. The van der Waals surface area contributed by atoms with Crippen LogP contribution in [0.15, 0.2) is 24.3 Å². The first-order valence-electron chi connectivity index (χ1n) is 8.07. The molecule has 0 heterocycles. The van der Waals surface area contributed by atoms with E-state index in [0.717, 1.165) is 18.6 Å². The van der Waals surface area contributed by atoms with E-state index in [-0.39, 0.29) is 11.0 Å². The number of hydrogen-bond donors (Lipinski definition) is 0. The van der Waals surface area contributed by atoms with Crippen LogP contribution in [-0.2, 0) is 5.41 Å². The summed E-state index contributed by atoms with van der Waals surface area (Å²) < 4.78 is 6.08. The van der Waals surface area contributed by atoms with E-state index in [1.807, 2.05) is 0 Å². The number of benzene rings is 1. The van der Waals surface area contributed by atoms with Gasteiger partial charge >= 0.3 is 0 Å². The fraction of sp³-hybridized carbons (Fsp3) is 0.684. The number of hydrogen-bond acceptors (Lipinski definition) is 2. The second-order valence-electron chi connectivity index (χ2n) is 8.42. The van der Waals surface area contributed by atoms with Gasteiger partial charge in [-0.15, -0.1) is 0 Å². The Morgan fingerprint density at radius 3 is 1.90 bits per heavy atom. The lowest BCUT2D eigenvalue weighted by Gasteiger charge is -2.46. The van der Waals surface area contributed by atoms with Crippen LogP contribution in [0.25, 0.3) is 0 Å². The van der Waals surface area contributed by atoms with E-state index in [1.165, 1.54) is 5.56 Å². The molecule has 118 valence electrons. The average molecular weight is 289 g/mol. The minimum absolute atomic E-state index is 0.204. The van der Waals surface area contributed by atoms with Gasteiger partial charge in [0.25, 0.3) is 0 Å². The third-order valence-corrected chi connectivity index (χ3v) is 4.70. The Bertz CT molecular complexity index is 458. The lowest BCUT2D eigenvalue weighted by molar-refractivity contribution is -0.00882. The Morgan fingerprint density at radius 2 is 1.48 bits per heavy atom. The normalized spacial score (nSPS) is 23.0. The van der Waals surface area contributed by atoms with Gasteiger partial charge in [-0.1, -0.05) is 32.9 Å². The zero-order valence-corrected chi connectivity index (χ0v) is 14.7. The van der Waals surface area contributed by atoms with Crippen LogP contribution in [0.3, 0.4) is 0 Å². The molecule has 1 aromatic carbocycles. The first-order valence-corrected chi connectivity index (χ1v) is 8.07. The fourth-order valence-corrected chi connectivity index (χ4v) is 2.72. The van der Waals surface area contributed by atoms with Crippen LogP contribution in [0.4, 0.5) is 0 Å². The van der Waals surface area contributed by atoms with Crippen molar-refractivity contribution in [2.45, 2.75) is 77.5 Å². The highest BCUT2D eigenvalue weighted by Crippen LogP contribution is 2.33. The zero-order valence-electron chi connectivity index (χ0n) is 14.7. The third kappa shape index (κ3) is 4.00. The molecule has 1 aliphatic rings. The summed E-state index contributed by atoms with van der Waals surface area (Å²) in [5, 5.41) is 0. The molecule has 1 aromatic rings. The smallest absolute Gasteiger partial charge is 0.119 e. The standard InChI is InChI=1S/C19H31NO/c1-18(2,3)14-8-10-16(11-9-14)21-17-12-15(13-17)20(7)19(4,5)6/h8-11,15,17H,12-13H2,1-7H3.